The number of nitrogens with zero attached hydrogens (tertiary/aromatic N) is 4. The summed E-state index contributed by atoms with van der Waals surface area (Å²) in [6.07, 6.45) is 0. The van der Waals surface area contributed by atoms with Gasteiger partial charge in [-0.05, 0) is 12.1 Å². The first kappa shape index (κ1) is 18.2. The lowest BCUT2D eigenvalue weighted by atomic mass is 10.2. The van der Waals surface area contributed by atoms with Gasteiger partial charge >= 0.3 is 5.69 Å². The average molecular weight is 372 g/mol. The molecule has 0 aliphatic rings. The summed E-state index contributed by atoms with van der Waals surface area (Å²) in [5, 5.41) is 1.15. The van der Waals surface area contributed by atoms with Gasteiger partial charge in [0.1, 0.15) is 16.2 Å². The zero-order valence-corrected chi connectivity index (χ0v) is 16.1. The maximum atomic E-state index is 12.7. The summed E-state index contributed by atoms with van der Waals surface area (Å²) in [5.41, 5.74) is 0.279. The molecular formula is C18H20N4O3S. The molecule has 1 aromatic carbocycles. The van der Waals surface area contributed by atoms with Crippen molar-refractivity contribution in [2.75, 3.05) is 7.11 Å². The van der Waals surface area contributed by atoms with Gasteiger partial charge in [-0.1, -0.05) is 26.0 Å². The standard InChI is InChI=1S/C18H20N4O3S/c1-10(2)26-16-13-15(21(3)18(24)22(4)17(13)23)19-14(20-16)11-7-6-8-12(9-11)25-5/h6-10H,1-5H3. The van der Waals surface area contributed by atoms with Crippen molar-refractivity contribution in [3.63, 3.8) is 0 Å². The molecule has 0 spiro atoms. The maximum absolute atomic E-state index is 12.7. The molecule has 8 heteroatoms. The molecule has 2 heterocycles. The molecule has 0 unspecified atom stereocenters. The Morgan fingerprint density at radius 2 is 1.85 bits per heavy atom. The van der Waals surface area contributed by atoms with Crippen LogP contribution in [0, 0.1) is 0 Å². The van der Waals surface area contributed by atoms with Crippen LogP contribution in [0.2, 0.25) is 0 Å². The minimum atomic E-state index is -0.418. The zero-order chi connectivity index (χ0) is 19.0. The Kier molecular flexibility index (Phi) is 4.86. The van der Waals surface area contributed by atoms with E-state index in [-0.39, 0.29) is 10.8 Å². The summed E-state index contributed by atoms with van der Waals surface area (Å²) in [5.74, 6) is 1.13. The van der Waals surface area contributed by atoms with E-state index in [9.17, 15) is 9.59 Å². The molecule has 0 N–H and O–H groups in total. The van der Waals surface area contributed by atoms with Crippen molar-refractivity contribution < 1.29 is 4.74 Å². The lowest BCUT2D eigenvalue weighted by molar-refractivity contribution is 0.415. The molecule has 0 aliphatic heterocycles. The number of benzene rings is 1. The SMILES string of the molecule is COc1cccc(-c2nc(SC(C)C)c3c(=O)n(C)c(=O)n(C)c3n2)c1. The highest BCUT2D eigenvalue weighted by atomic mass is 32.2. The van der Waals surface area contributed by atoms with Gasteiger partial charge in [-0.25, -0.2) is 14.8 Å². The van der Waals surface area contributed by atoms with Gasteiger partial charge in [0.15, 0.2) is 11.5 Å². The van der Waals surface area contributed by atoms with Crippen LogP contribution in [0.15, 0.2) is 38.9 Å². The second-order valence-electron chi connectivity index (χ2n) is 6.16. The van der Waals surface area contributed by atoms with Crippen molar-refractivity contribution in [1.29, 1.82) is 0 Å². The van der Waals surface area contributed by atoms with Crippen LogP contribution in [0.25, 0.3) is 22.4 Å². The molecule has 0 amide bonds. The molecule has 2 aromatic heterocycles. The van der Waals surface area contributed by atoms with Crippen LogP contribution in [0.3, 0.4) is 0 Å². The maximum Gasteiger partial charge on any atom is 0.332 e. The Hall–Kier alpha value is -2.61. The van der Waals surface area contributed by atoms with E-state index in [1.54, 1.807) is 14.2 Å². The highest BCUT2D eigenvalue weighted by molar-refractivity contribution is 8.00. The van der Waals surface area contributed by atoms with Gasteiger partial charge < -0.3 is 4.74 Å². The number of aromatic nitrogens is 4. The van der Waals surface area contributed by atoms with E-state index < -0.39 is 5.69 Å². The van der Waals surface area contributed by atoms with Gasteiger partial charge in [-0.15, -0.1) is 11.8 Å². The van der Waals surface area contributed by atoms with Crippen LogP contribution in [0.4, 0.5) is 0 Å². The molecule has 136 valence electrons. The summed E-state index contributed by atoms with van der Waals surface area (Å²) >= 11 is 1.47. The van der Waals surface area contributed by atoms with E-state index in [1.807, 2.05) is 38.1 Å². The fraction of sp³-hybridized carbons (Fsp3) is 0.333. The zero-order valence-electron chi connectivity index (χ0n) is 15.3. The van der Waals surface area contributed by atoms with Crippen LogP contribution >= 0.6 is 11.8 Å². The lowest BCUT2D eigenvalue weighted by Crippen LogP contribution is -2.37. The Labute approximate surface area is 154 Å². The highest BCUT2D eigenvalue weighted by Crippen LogP contribution is 2.29. The fourth-order valence-corrected chi connectivity index (χ4v) is 3.51. The predicted octanol–water partition coefficient (Wildman–Crippen LogP) is 2.20. The number of ether oxygens (including phenoxy) is 1. The second-order valence-corrected chi connectivity index (χ2v) is 7.72. The van der Waals surface area contributed by atoms with Crippen molar-refractivity contribution >= 4 is 22.8 Å². The second kappa shape index (κ2) is 6.95. The molecular weight excluding hydrogens is 352 g/mol. The van der Waals surface area contributed by atoms with E-state index >= 15 is 0 Å². The lowest BCUT2D eigenvalue weighted by Gasteiger charge is -2.13. The molecule has 0 saturated carbocycles. The molecule has 7 nitrogen and oxygen atoms in total. The predicted molar refractivity (Wildman–Crippen MR) is 103 cm³/mol. The molecule has 0 atom stereocenters. The number of hydrogen-bond donors (Lipinski definition) is 0. The van der Waals surface area contributed by atoms with Gasteiger partial charge in [0.2, 0.25) is 0 Å². The first-order valence-corrected chi connectivity index (χ1v) is 9.00. The number of fused-ring (bicyclic) bond motifs is 1. The molecule has 26 heavy (non-hydrogen) atoms. The third-order valence-corrected chi connectivity index (χ3v) is 4.93. The highest BCUT2D eigenvalue weighted by Gasteiger charge is 2.19. The average Bonchev–Trinajstić information content (AvgIpc) is 2.63. The summed E-state index contributed by atoms with van der Waals surface area (Å²) in [7, 11) is 4.66. The van der Waals surface area contributed by atoms with E-state index in [2.05, 4.69) is 9.97 Å². The van der Waals surface area contributed by atoms with Crippen molar-refractivity contribution in [2.45, 2.75) is 24.1 Å². The fourth-order valence-electron chi connectivity index (χ4n) is 2.63. The topological polar surface area (TPSA) is 79.0 Å². The molecule has 3 rings (SSSR count). The minimum absolute atomic E-state index is 0.216. The van der Waals surface area contributed by atoms with Gasteiger partial charge in [-0.2, -0.15) is 0 Å². The van der Waals surface area contributed by atoms with E-state index in [0.717, 1.165) is 10.1 Å². The van der Waals surface area contributed by atoms with Crippen LogP contribution in [0.5, 0.6) is 5.75 Å². The number of methoxy groups -OCH3 is 1. The van der Waals surface area contributed by atoms with Crippen LogP contribution in [-0.4, -0.2) is 31.5 Å². The van der Waals surface area contributed by atoms with Gasteiger partial charge in [0.25, 0.3) is 5.56 Å². The van der Waals surface area contributed by atoms with Crippen molar-refractivity contribution in [1.82, 2.24) is 19.1 Å². The number of hydrogen-bond acceptors (Lipinski definition) is 6. The third-order valence-electron chi connectivity index (χ3n) is 3.94. The molecule has 0 bridgehead atoms. The summed E-state index contributed by atoms with van der Waals surface area (Å²) < 4.78 is 7.73. The third kappa shape index (κ3) is 3.12. The monoisotopic (exact) mass is 372 g/mol. The Bertz CT molecular complexity index is 1100. The molecule has 0 fully saturated rings. The molecule has 0 aliphatic carbocycles. The quantitative estimate of drug-likeness (QED) is 0.516. The van der Waals surface area contributed by atoms with Crippen LogP contribution < -0.4 is 16.0 Å². The van der Waals surface area contributed by atoms with E-state index in [4.69, 9.17) is 4.74 Å². The Morgan fingerprint density at radius 1 is 1.12 bits per heavy atom. The first-order valence-electron chi connectivity index (χ1n) is 8.12. The number of rotatable bonds is 4. The summed E-state index contributed by atoms with van der Waals surface area (Å²) in [6, 6.07) is 7.37. The minimum Gasteiger partial charge on any atom is -0.497 e. The van der Waals surface area contributed by atoms with Gasteiger partial charge in [-0.3, -0.25) is 13.9 Å². The number of aryl methyl sites for hydroxylation is 1. The number of thioether (sulfide) groups is 1. The van der Waals surface area contributed by atoms with Crippen molar-refractivity contribution in [2.24, 2.45) is 14.1 Å². The Morgan fingerprint density at radius 3 is 2.50 bits per heavy atom. The normalized spacial score (nSPS) is 11.3. The molecule has 3 aromatic rings. The van der Waals surface area contributed by atoms with E-state index in [0.29, 0.717) is 27.6 Å². The van der Waals surface area contributed by atoms with Crippen molar-refractivity contribution in [3.8, 4) is 17.1 Å². The summed E-state index contributed by atoms with van der Waals surface area (Å²) in [6.45, 7) is 4.05. The first-order chi connectivity index (χ1) is 12.3. The molecule has 0 radical (unpaired) electrons. The van der Waals surface area contributed by atoms with Crippen molar-refractivity contribution in [3.05, 3.63) is 45.1 Å². The van der Waals surface area contributed by atoms with Gasteiger partial charge in [0, 0.05) is 24.9 Å². The Balaban J connectivity index is 2.40. The largest absolute Gasteiger partial charge is 0.497 e. The molecule has 0 saturated heterocycles. The summed E-state index contributed by atoms with van der Waals surface area (Å²) in [4.78, 5) is 34.2. The van der Waals surface area contributed by atoms with E-state index in [1.165, 1.54) is 23.4 Å². The van der Waals surface area contributed by atoms with Crippen LogP contribution in [-0.2, 0) is 14.1 Å². The smallest absolute Gasteiger partial charge is 0.332 e. The van der Waals surface area contributed by atoms with Crippen LogP contribution in [0.1, 0.15) is 13.8 Å². The van der Waals surface area contributed by atoms with Gasteiger partial charge in [0.05, 0.1) is 7.11 Å².